The van der Waals surface area contributed by atoms with Crippen LogP contribution in [0.2, 0.25) is 0 Å². The van der Waals surface area contributed by atoms with Crippen molar-refractivity contribution in [3.8, 4) is 0 Å². The van der Waals surface area contributed by atoms with Crippen LogP contribution < -0.4 is 5.32 Å². The maximum absolute atomic E-state index is 11.9. The fourth-order valence-corrected chi connectivity index (χ4v) is 1.97. The monoisotopic (exact) mass is 313 g/mol. The normalized spacial score (nSPS) is 10.1. The van der Waals surface area contributed by atoms with Crippen LogP contribution in [0.25, 0.3) is 0 Å². The largest absolute Gasteiger partial charge is 0.462 e. The Labute approximate surface area is 135 Å². The smallest absolute Gasteiger partial charge is 0.338 e. The number of rotatable bonds is 7. The maximum Gasteiger partial charge on any atom is 0.338 e. The zero-order valence-electron chi connectivity index (χ0n) is 13.0. The number of carbonyl (C=O) groups excluding carboxylic acids is 2. The van der Waals surface area contributed by atoms with Gasteiger partial charge in [0.25, 0.3) is 0 Å². The van der Waals surface area contributed by atoms with Crippen molar-refractivity contribution >= 4 is 17.6 Å². The lowest BCUT2D eigenvalue weighted by Gasteiger charge is -2.08. The van der Waals surface area contributed by atoms with Crippen molar-refractivity contribution in [2.75, 3.05) is 18.5 Å². The predicted molar refractivity (Wildman–Crippen MR) is 87.1 cm³/mol. The van der Waals surface area contributed by atoms with E-state index < -0.39 is 5.97 Å². The van der Waals surface area contributed by atoms with E-state index in [0.717, 1.165) is 5.56 Å². The molecule has 0 spiro atoms. The van der Waals surface area contributed by atoms with Crippen molar-refractivity contribution in [1.29, 1.82) is 0 Å². The summed E-state index contributed by atoms with van der Waals surface area (Å²) in [6.45, 7) is 2.37. The SMILES string of the molecule is CCOC(=O)c1cccc(NC(=O)COCc2ccccc2)c1. The first kappa shape index (κ1) is 16.7. The van der Waals surface area contributed by atoms with E-state index in [-0.39, 0.29) is 12.5 Å². The van der Waals surface area contributed by atoms with E-state index >= 15 is 0 Å². The standard InChI is InChI=1S/C18H19NO4/c1-2-23-18(21)15-9-6-10-16(11-15)19-17(20)13-22-12-14-7-4-3-5-8-14/h3-11H,2,12-13H2,1H3,(H,19,20). The Morgan fingerprint density at radius 2 is 1.83 bits per heavy atom. The molecule has 0 saturated heterocycles. The third-order valence-corrected chi connectivity index (χ3v) is 3.00. The summed E-state index contributed by atoms with van der Waals surface area (Å²) in [6.07, 6.45) is 0. The van der Waals surface area contributed by atoms with Gasteiger partial charge in [-0.1, -0.05) is 36.4 Å². The number of hydrogen-bond acceptors (Lipinski definition) is 4. The van der Waals surface area contributed by atoms with Crippen molar-refractivity contribution in [3.63, 3.8) is 0 Å². The fraction of sp³-hybridized carbons (Fsp3) is 0.222. The van der Waals surface area contributed by atoms with Crippen molar-refractivity contribution in [2.45, 2.75) is 13.5 Å². The van der Waals surface area contributed by atoms with E-state index in [1.807, 2.05) is 30.3 Å². The first-order valence-corrected chi connectivity index (χ1v) is 7.37. The van der Waals surface area contributed by atoms with Gasteiger partial charge in [0, 0.05) is 5.69 Å². The van der Waals surface area contributed by atoms with E-state index in [9.17, 15) is 9.59 Å². The Hall–Kier alpha value is -2.66. The molecule has 0 heterocycles. The summed E-state index contributed by atoms with van der Waals surface area (Å²) >= 11 is 0. The summed E-state index contributed by atoms with van der Waals surface area (Å²) in [4.78, 5) is 23.5. The van der Waals surface area contributed by atoms with E-state index in [1.54, 1.807) is 31.2 Å². The molecule has 0 fully saturated rings. The number of carbonyl (C=O) groups is 2. The van der Waals surface area contributed by atoms with E-state index in [1.165, 1.54) is 0 Å². The molecule has 0 aliphatic rings. The lowest BCUT2D eigenvalue weighted by molar-refractivity contribution is -0.121. The molecule has 2 aromatic carbocycles. The van der Waals surface area contributed by atoms with Gasteiger partial charge in [-0.2, -0.15) is 0 Å². The van der Waals surface area contributed by atoms with Gasteiger partial charge in [0.15, 0.2) is 0 Å². The summed E-state index contributed by atoms with van der Waals surface area (Å²) in [5.41, 5.74) is 1.93. The molecule has 0 aliphatic heterocycles. The third kappa shape index (κ3) is 5.56. The Bertz CT molecular complexity index is 655. The molecule has 0 aliphatic carbocycles. The van der Waals surface area contributed by atoms with Crippen LogP contribution in [0.3, 0.4) is 0 Å². The van der Waals surface area contributed by atoms with Crippen LogP contribution in [0.4, 0.5) is 5.69 Å². The first-order chi connectivity index (χ1) is 11.2. The second-order valence-corrected chi connectivity index (χ2v) is 4.83. The average Bonchev–Trinajstić information content (AvgIpc) is 2.56. The molecule has 0 aromatic heterocycles. The van der Waals surface area contributed by atoms with Gasteiger partial charge >= 0.3 is 5.97 Å². The molecule has 0 unspecified atom stereocenters. The van der Waals surface area contributed by atoms with Crippen molar-refractivity contribution in [3.05, 3.63) is 65.7 Å². The molecule has 1 amide bonds. The minimum atomic E-state index is -0.413. The molecule has 1 N–H and O–H groups in total. The number of esters is 1. The highest BCUT2D eigenvalue weighted by molar-refractivity contribution is 5.95. The van der Waals surface area contributed by atoms with Crippen molar-refractivity contribution < 1.29 is 19.1 Å². The molecule has 2 rings (SSSR count). The van der Waals surface area contributed by atoms with E-state index in [2.05, 4.69) is 5.32 Å². The van der Waals surface area contributed by atoms with Gasteiger partial charge in [-0.3, -0.25) is 4.79 Å². The summed E-state index contributed by atoms with van der Waals surface area (Å²) < 4.78 is 10.3. The Kier molecular flexibility index (Phi) is 6.32. The summed E-state index contributed by atoms with van der Waals surface area (Å²) in [6, 6.07) is 16.2. The number of hydrogen-bond donors (Lipinski definition) is 1. The average molecular weight is 313 g/mol. The Morgan fingerprint density at radius 1 is 1.04 bits per heavy atom. The van der Waals surface area contributed by atoms with Gasteiger partial charge < -0.3 is 14.8 Å². The van der Waals surface area contributed by atoms with Crippen molar-refractivity contribution in [2.24, 2.45) is 0 Å². The summed E-state index contributed by atoms with van der Waals surface area (Å²) in [5.74, 6) is -0.689. The predicted octanol–water partition coefficient (Wildman–Crippen LogP) is 3.02. The highest BCUT2D eigenvalue weighted by atomic mass is 16.5. The molecule has 0 atom stereocenters. The zero-order chi connectivity index (χ0) is 16.5. The number of benzene rings is 2. The van der Waals surface area contributed by atoms with Gasteiger partial charge in [-0.15, -0.1) is 0 Å². The van der Waals surface area contributed by atoms with Gasteiger partial charge in [0.1, 0.15) is 6.61 Å². The van der Waals surface area contributed by atoms with Crippen LogP contribution in [0.5, 0.6) is 0 Å². The number of amides is 1. The van der Waals surface area contributed by atoms with Gasteiger partial charge in [0.05, 0.1) is 18.8 Å². The molecule has 5 nitrogen and oxygen atoms in total. The van der Waals surface area contributed by atoms with Crippen LogP contribution in [-0.2, 0) is 20.9 Å². The number of anilines is 1. The number of ether oxygens (including phenoxy) is 2. The van der Waals surface area contributed by atoms with Crippen molar-refractivity contribution in [1.82, 2.24) is 0 Å². The quantitative estimate of drug-likeness (QED) is 0.798. The molecular formula is C18H19NO4. The highest BCUT2D eigenvalue weighted by Crippen LogP contribution is 2.12. The molecule has 0 bridgehead atoms. The van der Waals surface area contributed by atoms with Gasteiger partial charge in [-0.25, -0.2) is 4.79 Å². The van der Waals surface area contributed by atoms with Crippen LogP contribution in [0, 0.1) is 0 Å². The van der Waals surface area contributed by atoms with Crippen LogP contribution in [-0.4, -0.2) is 25.1 Å². The zero-order valence-corrected chi connectivity index (χ0v) is 13.0. The minimum absolute atomic E-state index is 0.0570. The fourth-order valence-electron chi connectivity index (χ4n) is 1.97. The molecule has 5 heteroatoms. The minimum Gasteiger partial charge on any atom is -0.462 e. The molecule has 0 saturated carbocycles. The van der Waals surface area contributed by atoms with E-state index in [4.69, 9.17) is 9.47 Å². The van der Waals surface area contributed by atoms with Gasteiger partial charge in [-0.05, 0) is 30.7 Å². The Morgan fingerprint density at radius 3 is 2.57 bits per heavy atom. The third-order valence-electron chi connectivity index (χ3n) is 3.00. The molecular weight excluding hydrogens is 294 g/mol. The maximum atomic E-state index is 11.9. The number of nitrogens with one attached hydrogen (secondary N) is 1. The van der Waals surface area contributed by atoms with Crippen LogP contribution in [0.1, 0.15) is 22.8 Å². The topological polar surface area (TPSA) is 64.6 Å². The highest BCUT2D eigenvalue weighted by Gasteiger charge is 2.08. The molecule has 2 aromatic rings. The Balaban J connectivity index is 1.83. The molecule has 0 radical (unpaired) electrons. The molecule has 120 valence electrons. The van der Waals surface area contributed by atoms with E-state index in [0.29, 0.717) is 24.5 Å². The summed E-state index contributed by atoms with van der Waals surface area (Å²) in [5, 5.41) is 2.69. The molecule has 23 heavy (non-hydrogen) atoms. The lowest BCUT2D eigenvalue weighted by atomic mass is 10.2. The van der Waals surface area contributed by atoms with Crippen LogP contribution >= 0.6 is 0 Å². The van der Waals surface area contributed by atoms with Crippen LogP contribution in [0.15, 0.2) is 54.6 Å². The summed E-state index contributed by atoms with van der Waals surface area (Å²) in [7, 11) is 0. The first-order valence-electron chi connectivity index (χ1n) is 7.37. The second kappa shape index (κ2) is 8.70. The second-order valence-electron chi connectivity index (χ2n) is 4.83. The van der Waals surface area contributed by atoms with Gasteiger partial charge in [0.2, 0.25) is 5.91 Å². The lowest BCUT2D eigenvalue weighted by Crippen LogP contribution is -2.18.